The summed E-state index contributed by atoms with van der Waals surface area (Å²) in [6, 6.07) is 7.93. The third-order valence-electron chi connectivity index (χ3n) is 8.13. The topological polar surface area (TPSA) is 84.7 Å². The standard InChI is InChI=1S/C29H33F3N6O2S.ClH/c1-4-19-14-20(6-7-24(19)40-13-12-36-11-10-35-27(2,3)18-36)38-26(41)37(25(39)28(38)8-5-9-28)21-15-22(29(30,31)32)23(16-33)34-17-21;/h6-7,14-15,17,35H,4-5,8-13,18H2,1-3H3;1H. The number of alkyl halides is 3. The molecule has 42 heavy (non-hydrogen) atoms. The Morgan fingerprint density at radius 2 is 1.95 bits per heavy atom. The summed E-state index contributed by atoms with van der Waals surface area (Å²) in [4.78, 5) is 22.7. The van der Waals surface area contributed by atoms with Crippen LogP contribution < -0.4 is 19.9 Å². The second-order valence-electron chi connectivity index (χ2n) is 11.4. The molecule has 226 valence electrons. The first-order valence-electron chi connectivity index (χ1n) is 13.8. The molecule has 3 aliphatic rings. The van der Waals surface area contributed by atoms with E-state index in [-0.39, 0.29) is 34.7 Å². The Balaban J connectivity index is 0.00000405. The van der Waals surface area contributed by atoms with Gasteiger partial charge in [0.1, 0.15) is 24.0 Å². The maximum absolute atomic E-state index is 13.8. The summed E-state index contributed by atoms with van der Waals surface area (Å²) in [6.45, 7) is 10.6. The van der Waals surface area contributed by atoms with Gasteiger partial charge in [-0.2, -0.15) is 18.4 Å². The number of carbonyl (C=O) groups is 1. The fraction of sp³-hybridized carbons (Fsp3) is 0.517. The zero-order chi connectivity index (χ0) is 29.6. The minimum atomic E-state index is -4.81. The first-order valence-corrected chi connectivity index (χ1v) is 14.2. The number of piperazine rings is 1. The minimum Gasteiger partial charge on any atom is -0.492 e. The second kappa shape index (κ2) is 12.0. The van der Waals surface area contributed by atoms with Crippen molar-refractivity contribution in [1.82, 2.24) is 15.2 Å². The van der Waals surface area contributed by atoms with Gasteiger partial charge in [0, 0.05) is 37.4 Å². The number of ether oxygens (including phenoxy) is 1. The van der Waals surface area contributed by atoms with Crippen LogP contribution in [0.1, 0.15) is 56.9 Å². The van der Waals surface area contributed by atoms with Crippen molar-refractivity contribution in [2.45, 2.75) is 63.7 Å². The van der Waals surface area contributed by atoms with Crippen molar-refractivity contribution >= 4 is 47.0 Å². The van der Waals surface area contributed by atoms with E-state index in [0.717, 1.165) is 61.1 Å². The molecule has 3 heterocycles. The highest BCUT2D eigenvalue weighted by Gasteiger charge is 2.59. The summed E-state index contributed by atoms with van der Waals surface area (Å²) in [6.07, 6.45) is -1.18. The normalized spacial score (nSPS) is 19.8. The van der Waals surface area contributed by atoms with E-state index in [1.54, 1.807) is 4.90 Å². The highest BCUT2D eigenvalue weighted by Crippen LogP contribution is 2.48. The van der Waals surface area contributed by atoms with Crippen molar-refractivity contribution in [2.24, 2.45) is 0 Å². The van der Waals surface area contributed by atoms with Gasteiger partial charge in [0.15, 0.2) is 10.8 Å². The van der Waals surface area contributed by atoms with Crippen LogP contribution in [0.25, 0.3) is 0 Å². The van der Waals surface area contributed by atoms with Crippen LogP contribution in [0.5, 0.6) is 5.75 Å². The monoisotopic (exact) mass is 622 g/mol. The first-order chi connectivity index (χ1) is 19.4. The van der Waals surface area contributed by atoms with Crippen molar-refractivity contribution in [3.63, 3.8) is 0 Å². The van der Waals surface area contributed by atoms with Crippen LogP contribution in [0.2, 0.25) is 0 Å². The number of nitrogens with one attached hydrogen (secondary N) is 1. The summed E-state index contributed by atoms with van der Waals surface area (Å²) >= 11 is 5.74. The number of carbonyl (C=O) groups excluding carboxylic acids is 1. The number of anilines is 2. The van der Waals surface area contributed by atoms with Crippen molar-refractivity contribution in [3.05, 3.63) is 47.3 Å². The maximum atomic E-state index is 13.8. The summed E-state index contributed by atoms with van der Waals surface area (Å²) in [5, 5.41) is 12.7. The van der Waals surface area contributed by atoms with E-state index < -0.39 is 23.0 Å². The summed E-state index contributed by atoms with van der Waals surface area (Å²) in [5.74, 6) is 0.374. The summed E-state index contributed by atoms with van der Waals surface area (Å²) in [7, 11) is 0. The van der Waals surface area contributed by atoms with Gasteiger partial charge in [-0.3, -0.25) is 14.6 Å². The van der Waals surface area contributed by atoms with E-state index in [9.17, 15) is 18.0 Å². The number of pyridine rings is 1. The van der Waals surface area contributed by atoms with Gasteiger partial charge in [-0.1, -0.05) is 6.92 Å². The molecule has 2 saturated heterocycles. The van der Waals surface area contributed by atoms with Crippen LogP contribution >= 0.6 is 24.6 Å². The Labute approximate surface area is 255 Å². The Bertz CT molecular complexity index is 1410. The molecule has 0 bridgehead atoms. The predicted molar refractivity (Wildman–Crippen MR) is 160 cm³/mol. The Hall–Kier alpha value is -2.98. The van der Waals surface area contributed by atoms with Crippen molar-refractivity contribution in [3.8, 4) is 11.8 Å². The number of nitriles is 1. The molecule has 1 spiro atoms. The van der Waals surface area contributed by atoms with Crippen LogP contribution in [-0.2, 0) is 17.4 Å². The van der Waals surface area contributed by atoms with E-state index in [1.165, 1.54) is 6.07 Å². The second-order valence-corrected chi connectivity index (χ2v) is 11.8. The molecular weight excluding hydrogens is 589 g/mol. The van der Waals surface area contributed by atoms with Gasteiger partial charge in [-0.05, 0) is 81.6 Å². The lowest BCUT2D eigenvalue weighted by molar-refractivity contribution is -0.138. The molecule has 1 aromatic carbocycles. The average molecular weight is 623 g/mol. The third-order valence-corrected chi connectivity index (χ3v) is 8.50. The molecule has 2 aromatic rings. The number of halogens is 4. The third kappa shape index (κ3) is 5.80. The van der Waals surface area contributed by atoms with Crippen LogP contribution in [0.3, 0.4) is 0 Å². The van der Waals surface area contributed by atoms with Gasteiger partial charge >= 0.3 is 6.18 Å². The van der Waals surface area contributed by atoms with Crippen LogP contribution in [0, 0.1) is 11.3 Å². The molecule has 8 nitrogen and oxygen atoms in total. The largest absolute Gasteiger partial charge is 0.492 e. The molecule has 1 aliphatic carbocycles. The number of aryl methyl sites for hydroxylation is 1. The number of hydrogen-bond acceptors (Lipinski definition) is 7. The molecule has 0 unspecified atom stereocenters. The molecule has 1 saturated carbocycles. The van der Waals surface area contributed by atoms with Gasteiger partial charge in [0.05, 0.1) is 17.4 Å². The number of rotatable bonds is 7. The molecule has 13 heteroatoms. The fourth-order valence-electron chi connectivity index (χ4n) is 5.93. The fourth-order valence-corrected chi connectivity index (χ4v) is 6.40. The van der Waals surface area contributed by atoms with Crippen LogP contribution in [-0.4, -0.2) is 64.8 Å². The number of amides is 1. The van der Waals surface area contributed by atoms with Gasteiger partial charge in [0.25, 0.3) is 5.91 Å². The quantitative estimate of drug-likeness (QED) is 0.428. The van der Waals surface area contributed by atoms with E-state index in [2.05, 4.69) is 29.0 Å². The lowest BCUT2D eigenvalue weighted by atomic mass is 9.75. The van der Waals surface area contributed by atoms with Crippen molar-refractivity contribution in [2.75, 3.05) is 42.6 Å². The maximum Gasteiger partial charge on any atom is 0.419 e. The first kappa shape index (κ1) is 31.9. The predicted octanol–water partition coefficient (Wildman–Crippen LogP) is 5.08. The molecule has 3 fully saturated rings. The lowest BCUT2D eigenvalue weighted by Gasteiger charge is -2.43. The zero-order valence-electron chi connectivity index (χ0n) is 23.8. The molecule has 1 N–H and O–H groups in total. The van der Waals surface area contributed by atoms with E-state index in [4.69, 9.17) is 22.2 Å². The Morgan fingerprint density at radius 1 is 1.21 bits per heavy atom. The number of hydrogen-bond donors (Lipinski definition) is 1. The molecule has 1 aromatic heterocycles. The van der Waals surface area contributed by atoms with Crippen molar-refractivity contribution < 1.29 is 22.7 Å². The molecule has 2 aliphatic heterocycles. The highest BCUT2D eigenvalue weighted by molar-refractivity contribution is 7.81. The molecule has 5 rings (SSSR count). The van der Waals surface area contributed by atoms with Gasteiger partial charge in [0.2, 0.25) is 0 Å². The summed E-state index contributed by atoms with van der Waals surface area (Å²) in [5.41, 5.74) is -1.32. The zero-order valence-corrected chi connectivity index (χ0v) is 25.4. The summed E-state index contributed by atoms with van der Waals surface area (Å²) < 4.78 is 47.2. The smallest absolute Gasteiger partial charge is 0.419 e. The van der Waals surface area contributed by atoms with Gasteiger partial charge < -0.3 is 15.0 Å². The van der Waals surface area contributed by atoms with Gasteiger partial charge in [-0.25, -0.2) is 4.98 Å². The lowest BCUT2D eigenvalue weighted by Crippen LogP contribution is -2.57. The number of aromatic nitrogens is 1. The van der Waals surface area contributed by atoms with Crippen LogP contribution in [0.15, 0.2) is 30.5 Å². The van der Waals surface area contributed by atoms with E-state index in [1.807, 2.05) is 25.1 Å². The Morgan fingerprint density at radius 3 is 2.55 bits per heavy atom. The molecule has 1 amide bonds. The number of nitrogens with zero attached hydrogens (tertiary/aromatic N) is 5. The number of thiocarbonyl (C=S) groups is 1. The van der Waals surface area contributed by atoms with Crippen molar-refractivity contribution in [1.29, 1.82) is 5.26 Å². The minimum absolute atomic E-state index is 0. The van der Waals surface area contributed by atoms with Crippen LogP contribution in [0.4, 0.5) is 24.5 Å². The number of benzene rings is 1. The van der Waals surface area contributed by atoms with E-state index in [0.29, 0.717) is 31.6 Å². The molecular formula is C29H34ClF3N6O2S. The SMILES string of the molecule is CCc1cc(N2C(=S)N(c3cnc(C#N)c(C(F)(F)F)c3)C(=O)C23CCC3)ccc1OCCN1CCNC(C)(C)C1.Cl. The molecule has 0 radical (unpaired) electrons. The highest BCUT2D eigenvalue weighted by atomic mass is 35.5. The average Bonchev–Trinajstić information content (AvgIpc) is 3.14. The Kier molecular flexibility index (Phi) is 9.09. The van der Waals surface area contributed by atoms with Gasteiger partial charge in [-0.15, -0.1) is 12.4 Å². The van der Waals surface area contributed by atoms with E-state index >= 15 is 0 Å². The molecule has 0 atom stereocenters.